The molecule has 2 fully saturated rings. The molecule has 3 aliphatic rings. The monoisotopic (exact) mass is 372 g/mol. The van der Waals surface area contributed by atoms with Crippen LogP contribution in [-0.4, -0.2) is 72.9 Å². The predicted molar refractivity (Wildman–Crippen MR) is 97.2 cm³/mol. The van der Waals surface area contributed by atoms with Gasteiger partial charge in [-0.3, -0.25) is 19.3 Å². The van der Waals surface area contributed by atoms with Crippen LogP contribution < -0.4 is 15.4 Å². The topological polar surface area (TPSA) is 91.0 Å². The van der Waals surface area contributed by atoms with Gasteiger partial charge in [0, 0.05) is 38.7 Å². The van der Waals surface area contributed by atoms with Crippen LogP contribution in [0.25, 0.3) is 0 Å². The van der Waals surface area contributed by atoms with Crippen LogP contribution in [0.5, 0.6) is 5.75 Å². The van der Waals surface area contributed by atoms with Crippen LogP contribution >= 0.6 is 0 Å². The first-order chi connectivity index (χ1) is 13.0. The lowest BCUT2D eigenvalue weighted by molar-refractivity contribution is -0.150. The third-order valence-electron chi connectivity index (χ3n) is 5.72. The Labute approximate surface area is 157 Å². The van der Waals surface area contributed by atoms with E-state index in [4.69, 9.17) is 4.74 Å². The Balaban J connectivity index is 1.51. The molecule has 1 aromatic rings. The van der Waals surface area contributed by atoms with Gasteiger partial charge < -0.3 is 20.3 Å². The fraction of sp³-hybridized carbons (Fsp3) is 0.526. The number of fused-ring (bicyclic) bond motifs is 1. The van der Waals surface area contributed by atoms with Crippen molar-refractivity contribution in [3.63, 3.8) is 0 Å². The molecular formula is C19H24N4O4. The molecule has 0 aromatic heterocycles. The van der Waals surface area contributed by atoms with Crippen molar-refractivity contribution in [1.29, 1.82) is 0 Å². The van der Waals surface area contributed by atoms with E-state index in [0.717, 1.165) is 29.3 Å². The molecule has 4 rings (SSSR count). The maximum atomic E-state index is 12.8. The van der Waals surface area contributed by atoms with Crippen LogP contribution in [0.15, 0.2) is 18.2 Å². The van der Waals surface area contributed by atoms with Crippen molar-refractivity contribution in [2.45, 2.75) is 37.6 Å². The van der Waals surface area contributed by atoms with Gasteiger partial charge in [0.25, 0.3) is 11.8 Å². The number of imide groups is 1. The summed E-state index contributed by atoms with van der Waals surface area (Å²) in [6, 6.07) is 5.13. The van der Waals surface area contributed by atoms with Crippen molar-refractivity contribution < 1.29 is 19.1 Å². The van der Waals surface area contributed by atoms with E-state index in [2.05, 4.69) is 10.6 Å². The summed E-state index contributed by atoms with van der Waals surface area (Å²) in [7, 11) is 3.39. The number of carbonyl (C=O) groups is 3. The van der Waals surface area contributed by atoms with Crippen molar-refractivity contribution in [1.82, 2.24) is 20.4 Å². The highest BCUT2D eigenvalue weighted by Gasteiger charge is 2.41. The smallest absolute Gasteiger partial charge is 0.255 e. The van der Waals surface area contributed by atoms with E-state index in [-0.39, 0.29) is 36.3 Å². The second-order valence-corrected chi connectivity index (χ2v) is 7.31. The first kappa shape index (κ1) is 17.9. The van der Waals surface area contributed by atoms with Crippen LogP contribution in [0, 0.1) is 0 Å². The molecule has 2 N–H and O–H groups in total. The van der Waals surface area contributed by atoms with Gasteiger partial charge in [0.1, 0.15) is 17.9 Å². The third kappa shape index (κ3) is 3.08. The highest BCUT2D eigenvalue weighted by atomic mass is 16.5. The summed E-state index contributed by atoms with van der Waals surface area (Å²) < 4.78 is 6.10. The van der Waals surface area contributed by atoms with Crippen molar-refractivity contribution in [3.05, 3.63) is 29.3 Å². The highest BCUT2D eigenvalue weighted by molar-refractivity contribution is 6.05. The zero-order chi connectivity index (χ0) is 19.1. The predicted octanol–water partition coefficient (Wildman–Crippen LogP) is -0.272. The average Bonchev–Trinajstić information content (AvgIpc) is 3.24. The van der Waals surface area contributed by atoms with Gasteiger partial charge in [0.15, 0.2) is 0 Å². The summed E-state index contributed by atoms with van der Waals surface area (Å²) in [6.45, 7) is 1.99. The molecule has 0 spiro atoms. The largest absolute Gasteiger partial charge is 0.487 e. The number of piperidine rings is 1. The zero-order valence-corrected chi connectivity index (χ0v) is 15.5. The molecule has 0 aliphatic carbocycles. The first-order valence-electron chi connectivity index (χ1n) is 9.28. The van der Waals surface area contributed by atoms with Crippen LogP contribution in [0.1, 0.15) is 28.8 Å². The molecule has 1 aromatic carbocycles. The Bertz CT molecular complexity index is 796. The number of nitrogens with one attached hydrogen (secondary N) is 2. The molecule has 0 saturated carbocycles. The number of nitrogens with zero attached hydrogens (tertiary/aromatic N) is 2. The van der Waals surface area contributed by atoms with Gasteiger partial charge in [-0.2, -0.15) is 0 Å². The third-order valence-corrected chi connectivity index (χ3v) is 5.72. The SMILES string of the molecule is CNC1CNCC1Oc1ccc2c(c1)CN(C1CCC(=O)N(C)C1=O)C2=O. The zero-order valence-electron chi connectivity index (χ0n) is 15.5. The lowest BCUT2D eigenvalue weighted by Gasteiger charge is -2.33. The van der Waals surface area contributed by atoms with Crippen molar-refractivity contribution in [2.75, 3.05) is 27.2 Å². The summed E-state index contributed by atoms with van der Waals surface area (Å²) in [6.07, 6.45) is 0.685. The van der Waals surface area contributed by atoms with Crippen LogP contribution in [0.3, 0.4) is 0 Å². The van der Waals surface area contributed by atoms with E-state index in [1.807, 2.05) is 19.2 Å². The fourth-order valence-corrected chi connectivity index (χ4v) is 4.07. The van der Waals surface area contributed by atoms with E-state index in [0.29, 0.717) is 18.5 Å². The van der Waals surface area contributed by atoms with E-state index in [1.54, 1.807) is 11.0 Å². The first-order valence-corrected chi connectivity index (χ1v) is 9.28. The van der Waals surface area contributed by atoms with Gasteiger partial charge in [0.05, 0.1) is 6.04 Å². The molecule has 0 radical (unpaired) electrons. The number of likely N-dealkylation sites (N-methyl/N-ethyl adjacent to an activating group) is 2. The van der Waals surface area contributed by atoms with E-state index < -0.39 is 6.04 Å². The minimum absolute atomic E-state index is 0.0286. The Hall–Kier alpha value is -2.45. The van der Waals surface area contributed by atoms with E-state index >= 15 is 0 Å². The van der Waals surface area contributed by atoms with Gasteiger partial charge in [-0.15, -0.1) is 0 Å². The minimum atomic E-state index is -0.579. The van der Waals surface area contributed by atoms with Gasteiger partial charge in [-0.1, -0.05) is 0 Å². The molecule has 3 heterocycles. The normalized spacial score (nSPS) is 28.1. The second-order valence-electron chi connectivity index (χ2n) is 7.31. The Morgan fingerprint density at radius 3 is 2.81 bits per heavy atom. The van der Waals surface area contributed by atoms with Crippen LogP contribution in [-0.2, 0) is 16.1 Å². The number of likely N-dealkylation sites (tertiary alicyclic amines) is 1. The molecule has 3 unspecified atom stereocenters. The minimum Gasteiger partial charge on any atom is -0.487 e. The van der Waals surface area contributed by atoms with Crippen molar-refractivity contribution >= 4 is 17.7 Å². The lowest BCUT2D eigenvalue weighted by Crippen LogP contribution is -2.53. The molecule has 27 heavy (non-hydrogen) atoms. The molecule has 2 saturated heterocycles. The number of ether oxygens (including phenoxy) is 1. The van der Waals surface area contributed by atoms with Gasteiger partial charge >= 0.3 is 0 Å². The number of hydrogen-bond acceptors (Lipinski definition) is 6. The highest BCUT2D eigenvalue weighted by Crippen LogP contribution is 2.31. The number of carbonyl (C=O) groups excluding carboxylic acids is 3. The van der Waals surface area contributed by atoms with E-state index in [1.165, 1.54) is 7.05 Å². The Morgan fingerprint density at radius 1 is 1.22 bits per heavy atom. The average molecular weight is 372 g/mol. The molecule has 3 atom stereocenters. The number of amides is 3. The molecule has 8 nitrogen and oxygen atoms in total. The standard InChI is InChI=1S/C19H24N4O4/c1-20-14-8-21-9-16(14)27-12-3-4-13-11(7-12)10-23(18(13)25)15-5-6-17(24)22(2)19(15)26/h3-4,7,14-16,20-21H,5-6,8-10H2,1-2H3. The van der Waals surface area contributed by atoms with Crippen molar-refractivity contribution in [2.24, 2.45) is 0 Å². The van der Waals surface area contributed by atoms with Crippen LogP contribution in [0.2, 0.25) is 0 Å². The maximum Gasteiger partial charge on any atom is 0.255 e. The van der Waals surface area contributed by atoms with Gasteiger partial charge in [-0.05, 0) is 37.2 Å². The second kappa shape index (κ2) is 6.94. The summed E-state index contributed by atoms with van der Waals surface area (Å²) in [5.41, 5.74) is 1.46. The fourth-order valence-electron chi connectivity index (χ4n) is 4.07. The van der Waals surface area contributed by atoms with Crippen LogP contribution in [0.4, 0.5) is 0 Å². The number of rotatable bonds is 4. The maximum absolute atomic E-state index is 12.8. The van der Waals surface area contributed by atoms with Crippen molar-refractivity contribution in [3.8, 4) is 5.75 Å². The summed E-state index contributed by atoms with van der Waals surface area (Å²) in [4.78, 5) is 39.7. The molecular weight excluding hydrogens is 348 g/mol. The van der Waals surface area contributed by atoms with E-state index in [9.17, 15) is 14.4 Å². The quantitative estimate of drug-likeness (QED) is 0.707. The summed E-state index contributed by atoms with van der Waals surface area (Å²) >= 11 is 0. The molecule has 144 valence electrons. The molecule has 0 bridgehead atoms. The molecule has 8 heteroatoms. The summed E-state index contributed by atoms with van der Waals surface area (Å²) in [5.74, 6) is 0.0611. The lowest BCUT2D eigenvalue weighted by atomic mass is 10.0. The number of hydrogen-bond donors (Lipinski definition) is 2. The Morgan fingerprint density at radius 2 is 2.04 bits per heavy atom. The van der Waals surface area contributed by atoms with Gasteiger partial charge in [-0.25, -0.2) is 0 Å². The number of benzene rings is 1. The molecule has 3 amide bonds. The Kier molecular flexibility index (Phi) is 4.61. The van der Waals surface area contributed by atoms with Gasteiger partial charge in [0.2, 0.25) is 5.91 Å². The molecule has 3 aliphatic heterocycles. The summed E-state index contributed by atoms with van der Waals surface area (Å²) in [5, 5.41) is 6.53.